The molecule has 2 aromatic rings. The highest BCUT2D eigenvalue weighted by Gasteiger charge is 2.18. The molecule has 0 amide bonds. The summed E-state index contributed by atoms with van der Waals surface area (Å²) in [5.74, 6) is -0.483. The lowest BCUT2D eigenvalue weighted by Crippen LogP contribution is -1.91. The Bertz CT molecular complexity index is 648. The van der Waals surface area contributed by atoms with E-state index in [4.69, 9.17) is 10.7 Å². The second kappa shape index (κ2) is 3.75. The van der Waals surface area contributed by atoms with Crippen LogP contribution in [0.4, 0.5) is 4.39 Å². The number of aryl methyl sites for hydroxylation is 1. The van der Waals surface area contributed by atoms with Gasteiger partial charge in [-0.3, -0.25) is 0 Å². The molecule has 3 nitrogen and oxygen atoms in total. The molecule has 1 aromatic carbocycles. The predicted molar refractivity (Wildman–Crippen MR) is 60.6 cm³/mol. The quantitative estimate of drug-likeness (QED) is 0.780. The van der Waals surface area contributed by atoms with Crippen LogP contribution in [0.3, 0.4) is 0 Å². The van der Waals surface area contributed by atoms with E-state index in [2.05, 4.69) is 0 Å². The summed E-state index contributed by atoms with van der Waals surface area (Å²) >= 11 is 0. The molecule has 0 saturated heterocycles. The molecule has 0 aliphatic heterocycles. The van der Waals surface area contributed by atoms with E-state index >= 15 is 0 Å². The van der Waals surface area contributed by atoms with Crippen molar-refractivity contribution in [3.63, 3.8) is 0 Å². The first kappa shape index (κ1) is 11.4. The molecule has 1 aromatic heterocycles. The molecule has 86 valence electrons. The molecule has 0 unspecified atom stereocenters. The van der Waals surface area contributed by atoms with Gasteiger partial charge in [0, 0.05) is 34.3 Å². The molecule has 0 fully saturated rings. The topological polar surface area (TPSA) is 39.1 Å². The van der Waals surface area contributed by atoms with Gasteiger partial charge in [0.15, 0.2) is 0 Å². The molecule has 2 rings (SSSR count). The molecule has 0 bridgehead atoms. The van der Waals surface area contributed by atoms with Crippen molar-refractivity contribution in [3.05, 3.63) is 30.2 Å². The van der Waals surface area contributed by atoms with Crippen LogP contribution in [0, 0.1) is 5.82 Å². The summed E-state index contributed by atoms with van der Waals surface area (Å²) in [6.45, 7) is 2.46. The second-order valence-electron chi connectivity index (χ2n) is 3.38. The summed E-state index contributed by atoms with van der Waals surface area (Å²) in [5.41, 5.74) is 0.656. The lowest BCUT2D eigenvalue weighted by atomic mass is 10.2. The van der Waals surface area contributed by atoms with Gasteiger partial charge in [-0.2, -0.15) is 0 Å². The maximum atomic E-state index is 13.1. The smallest absolute Gasteiger partial charge is 0.263 e. The zero-order valence-corrected chi connectivity index (χ0v) is 10.0. The number of rotatable bonds is 2. The van der Waals surface area contributed by atoms with E-state index < -0.39 is 14.9 Å². The summed E-state index contributed by atoms with van der Waals surface area (Å²) in [6.07, 6.45) is 1.42. The SMILES string of the molecule is CCn1cc(S(=O)(=O)Cl)c2cc(F)ccc21. The fraction of sp³-hybridized carbons (Fsp3) is 0.200. The van der Waals surface area contributed by atoms with Crippen LogP contribution in [0.15, 0.2) is 29.3 Å². The third kappa shape index (κ3) is 1.81. The van der Waals surface area contributed by atoms with Crippen molar-refractivity contribution in [2.75, 3.05) is 0 Å². The number of hydrogen-bond donors (Lipinski definition) is 0. The first-order valence-electron chi connectivity index (χ1n) is 4.66. The zero-order valence-electron chi connectivity index (χ0n) is 8.44. The van der Waals surface area contributed by atoms with Gasteiger partial charge in [0.25, 0.3) is 9.05 Å². The van der Waals surface area contributed by atoms with E-state index in [1.54, 1.807) is 10.6 Å². The summed E-state index contributed by atoms with van der Waals surface area (Å²) < 4.78 is 37.4. The predicted octanol–water partition coefficient (Wildman–Crippen LogP) is 2.73. The lowest BCUT2D eigenvalue weighted by molar-refractivity contribution is 0.609. The van der Waals surface area contributed by atoms with Gasteiger partial charge < -0.3 is 4.57 Å². The molecule has 0 aliphatic carbocycles. The molecule has 0 atom stereocenters. The van der Waals surface area contributed by atoms with E-state index in [1.807, 2.05) is 6.92 Å². The Morgan fingerprint density at radius 2 is 2.12 bits per heavy atom. The van der Waals surface area contributed by atoms with Crippen LogP contribution in [-0.2, 0) is 15.6 Å². The number of aromatic nitrogens is 1. The summed E-state index contributed by atoms with van der Waals surface area (Å²) in [5, 5.41) is 0.317. The highest BCUT2D eigenvalue weighted by molar-refractivity contribution is 8.14. The monoisotopic (exact) mass is 261 g/mol. The van der Waals surface area contributed by atoms with Gasteiger partial charge in [-0.15, -0.1) is 0 Å². The molecular weight excluding hydrogens is 253 g/mol. The van der Waals surface area contributed by atoms with Crippen molar-refractivity contribution in [1.29, 1.82) is 0 Å². The minimum atomic E-state index is -3.85. The highest BCUT2D eigenvalue weighted by atomic mass is 35.7. The van der Waals surface area contributed by atoms with E-state index in [0.717, 1.165) is 0 Å². The van der Waals surface area contributed by atoms with Gasteiger partial charge in [0.05, 0.1) is 0 Å². The van der Waals surface area contributed by atoms with Gasteiger partial charge >= 0.3 is 0 Å². The van der Waals surface area contributed by atoms with Crippen LogP contribution >= 0.6 is 10.7 Å². The minimum Gasteiger partial charge on any atom is -0.346 e. The molecule has 1 heterocycles. The fourth-order valence-electron chi connectivity index (χ4n) is 1.69. The molecule has 0 radical (unpaired) electrons. The van der Waals surface area contributed by atoms with Crippen molar-refractivity contribution < 1.29 is 12.8 Å². The maximum Gasteiger partial charge on any atom is 0.263 e. The first-order valence-corrected chi connectivity index (χ1v) is 6.97. The van der Waals surface area contributed by atoms with Crippen LogP contribution in [0.25, 0.3) is 10.9 Å². The molecule has 0 saturated carbocycles. The average molecular weight is 262 g/mol. The largest absolute Gasteiger partial charge is 0.346 e. The Morgan fingerprint density at radius 3 is 2.69 bits per heavy atom. The number of nitrogens with zero attached hydrogens (tertiary/aromatic N) is 1. The fourth-order valence-corrected chi connectivity index (χ4v) is 2.74. The number of halogens is 2. The summed E-state index contributed by atoms with van der Waals surface area (Å²) in [4.78, 5) is -0.0504. The minimum absolute atomic E-state index is 0.0504. The van der Waals surface area contributed by atoms with Crippen LogP contribution in [0.5, 0.6) is 0 Å². The third-order valence-electron chi connectivity index (χ3n) is 2.41. The van der Waals surface area contributed by atoms with Gasteiger partial charge in [0.2, 0.25) is 0 Å². The Kier molecular flexibility index (Phi) is 2.67. The summed E-state index contributed by atoms with van der Waals surface area (Å²) in [6, 6.07) is 4.01. The van der Waals surface area contributed by atoms with Gasteiger partial charge in [-0.05, 0) is 25.1 Å². The Morgan fingerprint density at radius 1 is 1.44 bits per heavy atom. The lowest BCUT2D eigenvalue weighted by Gasteiger charge is -1.98. The Balaban J connectivity index is 2.90. The second-order valence-corrected chi connectivity index (χ2v) is 5.91. The van der Waals surface area contributed by atoms with Crippen molar-refractivity contribution in [1.82, 2.24) is 4.57 Å². The van der Waals surface area contributed by atoms with Crippen LogP contribution < -0.4 is 0 Å². The van der Waals surface area contributed by atoms with Crippen molar-refractivity contribution in [2.24, 2.45) is 0 Å². The van der Waals surface area contributed by atoms with Crippen LogP contribution in [0.2, 0.25) is 0 Å². The first-order chi connectivity index (χ1) is 7.43. The van der Waals surface area contributed by atoms with Crippen molar-refractivity contribution in [3.8, 4) is 0 Å². The highest BCUT2D eigenvalue weighted by Crippen LogP contribution is 2.28. The van der Waals surface area contributed by atoms with Crippen LogP contribution in [0.1, 0.15) is 6.92 Å². The van der Waals surface area contributed by atoms with Gasteiger partial charge in [-0.25, -0.2) is 12.8 Å². The van der Waals surface area contributed by atoms with Gasteiger partial charge in [-0.1, -0.05) is 0 Å². The standard InChI is InChI=1S/C10H9ClFNO2S/c1-2-13-6-10(16(11,14)15)8-5-7(12)3-4-9(8)13/h3-6H,2H2,1H3. The zero-order chi connectivity index (χ0) is 11.9. The van der Waals surface area contributed by atoms with E-state index in [0.29, 0.717) is 17.4 Å². The molecule has 16 heavy (non-hydrogen) atoms. The van der Waals surface area contributed by atoms with Gasteiger partial charge in [0.1, 0.15) is 10.7 Å². The summed E-state index contributed by atoms with van der Waals surface area (Å²) in [7, 11) is 1.45. The number of fused-ring (bicyclic) bond motifs is 1. The van der Waals surface area contributed by atoms with E-state index in [1.165, 1.54) is 18.3 Å². The molecule has 0 N–H and O–H groups in total. The molecule has 0 spiro atoms. The molecule has 0 aliphatic rings. The van der Waals surface area contributed by atoms with E-state index in [-0.39, 0.29) is 4.90 Å². The average Bonchev–Trinajstić information content (AvgIpc) is 2.54. The molecular formula is C10H9ClFNO2S. The Labute approximate surface area is 96.9 Å². The molecule has 6 heteroatoms. The third-order valence-corrected chi connectivity index (χ3v) is 3.76. The number of hydrogen-bond acceptors (Lipinski definition) is 2. The van der Waals surface area contributed by atoms with Crippen molar-refractivity contribution in [2.45, 2.75) is 18.4 Å². The van der Waals surface area contributed by atoms with Crippen LogP contribution in [-0.4, -0.2) is 13.0 Å². The maximum absolute atomic E-state index is 13.1. The van der Waals surface area contributed by atoms with Crippen molar-refractivity contribution >= 4 is 30.6 Å². The normalized spacial score (nSPS) is 12.2. The Hall–Kier alpha value is -1.07. The van der Waals surface area contributed by atoms with E-state index in [9.17, 15) is 12.8 Å². The number of benzene rings is 1.